The summed E-state index contributed by atoms with van der Waals surface area (Å²) in [4.78, 5) is 8.25. The van der Waals surface area contributed by atoms with E-state index >= 15 is 0 Å². The zero-order valence-corrected chi connectivity index (χ0v) is 11.1. The third-order valence-electron chi connectivity index (χ3n) is 3.32. The van der Waals surface area contributed by atoms with Crippen molar-refractivity contribution in [3.8, 4) is 0 Å². The molecule has 0 N–H and O–H groups in total. The van der Waals surface area contributed by atoms with Gasteiger partial charge in [0.2, 0.25) is 0 Å². The Morgan fingerprint density at radius 3 is 2.71 bits per heavy atom. The van der Waals surface area contributed by atoms with Crippen LogP contribution in [0.3, 0.4) is 0 Å². The van der Waals surface area contributed by atoms with E-state index in [1.54, 1.807) is 0 Å². The first kappa shape index (κ1) is 12.6. The summed E-state index contributed by atoms with van der Waals surface area (Å²) < 4.78 is 13.8. The van der Waals surface area contributed by atoms with Crippen molar-refractivity contribution in [1.29, 1.82) is 0 Å². The Kier molecular flexibility index (Phi) is 3.54. The minimum Gasteiger partial charge on any atom is -0.352 e. The summed E-state index contributed by atoms with van der Waals surface area (Å²) in [5, 5.41) is 0.336. The topological polar surface area (TPSA) is 19.4 Å². The Labute approximate surface area is 106 Å². The van der Waals surface area contributed by atoms with Gasteiger partial charge < -0.3 is 9.80 Å². The van der Waals surface area contributed by atoms with Crippen molar-refractivity contribution in [3.05, 3.63) is 23.1 Å². The van der Waals surface area contributed by atoms with E-state index in [4.69, 9.17) is 11.6 Å². The van der Waals surface area contributed by atoms with Crippen LogP contribution in [0.25, 0.3) is 0 Å². The van der Waals surface area contributed by atoms with Crippen molar-refractivity contribution in [2.24, 2.45) is 5.92 Å². The molecule has 1 aliphatic rings. The van der Waals surface area contributed by atoms with Crippen LogP contribution in [-0.4, -0.2) is 43.1 Å². The van der Waals surface area contributed by atoms with E-state index in [9.17, 15) is 4.39 Å². The Hall–Kier alpha value is -0.870. The molecule has 17 heavy (non-hydrogen) atoms. The van der Waals surface area contributed by atoms with Crippen LogP contribution < -0.4 is 4.90 Å². The molecule has 2 heterocycles. The average molecular weight is 258 g/mol. The zero-order chi connectivity index (χ0) is 12.6. The first-order valence-electron chi connectivity index (χ1n) is 5.71. The summed E-state index contributed by atoms with van der Waals surface area (Å²) >= 11 is 5.70. The van der Waals surface area contributed by atoms with E-state index in [0.717, 1.165) is 13.1 Å². The molecule has 2 atom stereocenters. The molecule has 0 spiro atoms. The SMILES string of the molecule is CC1CN(c2ncc(Cl)cc2F)CC1N(C)C. The summed E-state index contributed by atoms with van der Waals surface area (Å²) in [7, 11) is 4.10. The van der Waals surface area contributed by atoms with E-state index in [0.29, 0.717) is 22.8 Å². The predicted molar refractivity (Wildman–Crippen MR) is 68.1 cm³/mol. The maximum absolute atomic E-state index is 13.8. The van der Waals surface area contributed by atoms with Crippen LogP contribution in [0, 0.1) is 11.7 Å². The number of anilines is 1. The van der Waals surface area contributed by atoms with Crippen molar-refractivity contribution in [3.63, 3.8) is 0 Å². The minimum absolute atomic E-state index is 0.336. The highest BCUT2D eigenvalue weighted by molar-refractivity contribution is 6.30. The van der Waals surface area contributed by atoms with E-state index in [2.05, 4.69) is 30.9 Å². The Morgan fingerprint density at radius 1 is 1.47 bits per heavy atom. The third kappa shape index (κ3) is 2.53. The molecule has 0 aromatic carbocycles. The molecule has 0 bridgehead atoms. The maximum atomic E-state index is 13.8. The van der Waals surface area contributed by atoms with Crippen LogP contribution in [0.15, 0.2) is 12.3 Å². The van der Waals surface area contributed by atoms with E-state index in [1.807, 2.05) is 4.90 Å². The number of hydrogen-bond acceptors (Lipinski definition) is 3. The molecular weight excluding hydrogens is 241 g/mol. The highest BCUT2D eigenvalue weighted by atomic mass is 35.5. The number of rotatable bonds is 2. The number of likely N-dealkylation sites (N-methyl/N-ethyl adjacent to an activating group) is 1. The molecule has 1 saturated heterocycles. The lowest BCUT2D eigenvalue weighted by molar-refractivity contribution is 0.266. The number of pyridine rings is 1. The van der Waals surface area contributed by atoms with Gasteiger partial charge in [-0.1, -0.05) is 18.5 Å². The summed E-state index contributed by atoms with van der Waals surface area (Å²) in [5.41, 5.74) is 0. The molecule has 1 fully saturated rings. The number of nitrogens with zero attached hydrogens (tertiary/aromatic N) is 3. The maximum Gasteiger partial charge on any atom is 0.167 e. The van der Waals surface area contributed by atoms with E-state index < -0.39 is 0 Å². The van der Waals surface area contributed by atoms with Crippen molar-refractivity contribution < 1.29 is 4.39 Å². The fourth-order valence-electron chi connectivity index (χ4n) is 2.43. The standard InChI is InChI=1S/C12H17ClFN3/c1-8-6-17(7-11(8)16(2)3)12-10(14)4-9(13)5-15-12/h4-5,8,11H,6-7H2,1-3H3. The Balaban J connectivity index is 2.19. The highest BCUT2D eigenvalue weighted by Gasteiger charge is 2.32. The monoisotopic (exact) mass is 257 g/mol. The van der Waals surface area contributed by atoms with E-state index in [1.165, 1.54) is 12.3 Å². The minimum atomic E-state index is -0.343. The summed E-state index contributed by atoms with van der Waals surface area (Å²) in [6.45, 7) is 3.81. The second kappa shape index (κ2) is 4.78. The Morgan fingerprint density at radius 2 is 2.18 bits per heavy atom. The van der Waals surface area contributed by atoms with Gasteiger partial charge in [0.1, 0.15) is 0 Å². The molecule has 0 radical (unpaired) electrons. The van der Waals surface area contributed by atoms with Gasteiger partial charge in [0.25, 0.3) is 0 Å². The molecule has 0 aliphatic carbocycles. The molecule has 5 heteroatoms. The van der Waals surface area contributed by atoms with E-state index in [-0.39, 0.29) is 5.82 Å². The molecule has 1 aromatic rings. The molecular formula is C12H17ClFN3. The fourth-order valence-corrected chi connectivity index (χ4v) is 2.58. The zero-order valence-electron chi connectivity index (χ0n) is 10.3. The highest BCUT2D eigenvalue weighted by Crippen LogP contribution is 2.27. The smallest absolute Gasteiger partial charge is 0.167 e. The van der Waals surface area contributed by atoms with Crippen molar-refractivity contribution in [2.75, 3.05) is 32.1 Å². The number of hydrogen-bond donors (Lipinski definition) is 0. The number of halogens is 2. The van der Waals surface area contributed by atoms with Gasteiger partial charge in [-0.25, -0.2) is 9.37 Å². The van der Waals surface area contributed by atoms with Gasteiger partial charge in [0, 0.05) is 25.3 Å². The van der Waals surface area contributed by atoms with Gasteiger partial charge in [0.05, 0.1) is 5.02 Å². The summed E-state index contributed by atoms with van der Waals surface area (Å²) in [5.74, 6) is 0.566. The van der Waals surface area contributed by atoms with Crippen LogP contribution in [-0.2, 0) is 0 Å². The molecule has 1 aliphatic heterocycles. The van der Waals surface area contributed by atoms with Crippen LogP contribution in [0.4, 0.5) is 10.2 Å². The van der Waals surface area contributed by atoms with Crippen LogP contribution in [0.5, 0.6) is 0 Å². The lowest BCUT2D eigenvalue weighted by Gasteiger charge is -2.22. The fraction of sp³-hybridized carbons (Fsp3) is 0.583. The molecule has 2 unspecified atom stereocenters. The van der Waals surface area contributed by atoms with Crippen molar-refractivity contribution >= 4 is 17.4 Å². The summed E-state index contributed by atoms with van der Waals surface area (Å²) in [6, 6.07) is 1.75. The lowest BCUT2D eigenvalue weighted by Crippen LogP contribution is -2.34. The molecule has 0 amide bonds. The normalized spacial score (nSPS) is 24.7. The average Bonchev–Trinajstić information content (AvgIpc) is 2.60. The van der Waals surface area contributed by atoms with Crippen LogP contribution in [0.1, 0.15) is 6.92 Å². The third-order valence-corrected chi connectivity index (χ3v) is 3.53. The number of aromatic nitrogens is 1. The largest absolute Gasteiger partial charge is 0.352 e. The molecule has 1 aromatic heterocycles. The van der Waals surface area contributed by atoms with Crippen molar-refractivity contribution in [1.82, 2.24) is 9.88 Å². The van der Waals surface area contributed by atoms with Gasteiger partial charge in [-0.05, 0) is 26.1 Å². The van der Waals surface area contributed by atoms with Gasteiger partial charge in [-0.2, -0.15) is 0 Å². The van der Waals surface area contributed by atoms with Crippen molar-refractivity contribution in [2.45, 2.75) is 13.0 Å². The Bertz CT molecular complexity index is 411. The predicted octanol–water partition coefficient (Wildman–Crippen LogP) is 2.26. The second-order valence-electron chi connectivity index (χ2n) is 4.87. The van der Waals surface area contributed by atoms with Gasteiger partial charge in [0.15, 0.2) is 11.6 Å². The summed E-state index contributed by atoms with van der Waals surface area (Å²) in [6.07, 6.45) is 1.49. The first-order chi connectivity index (χ1) is 7.99. The van der Waals surface area contributed by atoms with Crippen LogP contribution in [0.2, 0.25) is 5.02 Å². The second-order valence-corrected chi connectivity index (χ2v) is 5.31. The molecule has 0 saturated carbocycles. The quantitative estimate of drug-likeness (QED) is 0.810. The first-order valence-corrected chi connectivity index (χ1v) is 6.09. The molecule has 3 nitrogen and oxygen atoms in total. The lowest BCUT2D eigenvalue weighted by atomic mass is 10.1. The molecule has 94 valence electrons. The van der Waals surface area contributed by atoms with Crippen LogP contribution >= 0.6 is 11.6 Å². The molecule has 2 rings (SSSR count). The van der Waals surface area contributed by atoms with Gasteiger partial charge >= 0.3 is 0 Å². The van der Waals surface area contributed by atoms with Gasteiger partial charge in [-0.15, -0.1) is 0 Å². The van der Waals surface area contributed by atoms with Gasteiger partial charge in [-0.3, -0.25) is 0 Å².